The van der Waals surface area contributed by atoms with Gasteiger partial charge in [0.1, 0.15) is 11.6 Å². The van der Waals surface area contributed by atoms with Gasteiger partial charge in [0.05, 0.1) is 19.1 Å². The summed E-state index contributed by atoms with van der Waals surface area (Å²) in [5, 5.41) is 3.06. The van der Waals surface area contributed by atoms with Crippen LogP contribution in [0.1, 0.15) is 38.3 Å². The molecule has 1 N–H and O–H groups in total. The fraction of sp³-hybridized carbons (Fsp3) is 0.440. The Morgan fingerprint density at radius 2 is 1.78 bits per heavy atom. The number of nitrogens with one attached hydrogen (secondary N) is 1. The summed E-state index contributed by atoms with van der Waals surface area (Å²) in [5.41, 5.74) is 1.42. The molecule has 1 heterocycles. The monoisotopic (exact) mass is 441 g/mol. The van der Waals surface area contributed by atoms with Crippen LogP contribution >= 0.6 is 0 Å². The number of anilines is 1. The lowest BCUT2D eigenvalue weighted by Gasteiger charge is -2.41. The lowest BCUT2D eigenvalue weighted by atomic mass is 9.83. The van der Waals surface area contributed by atoms with E-state index >= 15 is 0 Å². The summed E-state index contributed by atoms with van der Waals surface area (Å²) in [6.45, 7) is 7.35. The number of halogens is 1. The fourth-order valence-corrected chi connectivity index (χ4v) is 4.26. The number of carbonyl (C=O) groups excluding carboxylic acids is 2. The zero-order chi connectivity index (χ0) is 23.1. The Hall–Kier alpha value is -2.93. The highest BCUT2D eigenvalue weighted by molar-refractivity contribution is 5.97. The second-order valence-electron chi connectivity index (χ2n) is 7.92. The first-order valence-electron chi connectivity index (χ1n) is 11.2. The van der Waals surface area contributed by atoms with Crippen molar-refractivity contribution >= 4 is 17.5 Å². The van der Waals surface area contributed by atoms with Crippen molar-refractivity contribution in [1.29, 1.82) is 0 Å². The third-order valence-electron chi connectivity index (χ3n) is 6.12. The first-order chi connectivity index (χ1) is 15.5. The second-order valence-corrected chi connectivity index (χ2v) is 7.92. The molecule has 1 aliphatic rings. The Balaban J connectivity index is 1.90. The van der Waals surface area contributed by atoms with Gasteiger partial charge in [0.25, 0.3) is 0 Å². The molecule has 2 amide bonds. The van der Waals surface area contributed by atoms with Crippen LogP contribution in [0.5, 0.6) is 5.75 Å². The van der Waals surface area contributed by atoms with Crippen LogP contribution in [0.25, 0.3) is 0 Å². The van der Waals surface area contributed by atoms with E-state index in [1.165, 1.54) is 12.1 Å². The number of rotatable bonds is 9. The van der Waals surface area contributed by atoms with E-state index in [4.69, 9.17) is 4.74 Å². The third-order valence-corrected chi connectivity index (χ3v) is 6.12. The molecule has 172 valence electrons. The molecule has 32 heavy (non-hydrogen) atoms. The van der Waals surface area contributed by atoms with Crippen LogP contribution in [0.3, 0.4) is 0 Å². The van der Waals surface area contributed by atoms with Crippen LogP contribution in [0, 0.1) is 11.7 Å². The Morgan fingerprint density at radius 3 is 2.38 bits per heavy atom. The number of amides is 2. The number of nitrogens with zero attached hydrogens (tertiary/aromatic N) is 2. The number of piperidine rings is 1. The Labute approximate surface area is 189 Å². The van der Waals surface area contributed by atoms with Gasteiger partial charge in [0, 0.05) is 25.2 Å². The molecule has 7 heteroatoms. The van der Waals surface area contributed by atoms with Gasteiger partial charge in [-0.25, -0.2) is 4.39 Å². The maximum atomic E-state index is 13.6. The topological polar surface area (TPSA) is 61.9 Å². The Kier molecular flexibility index (Phi) is 8.22. The summed E-state index contributed by atoms with van der Waals surface area (Å²) >= 11 is 0. The summed E-state index contributed by atoms with van der Waals surface area (Å²) in [6, 6.07) is 12.7. The average Bonchev–Trinajstić information content (AvgIpc) is 2.82. The predicted molar refractivity (Wildman–Crippen MR) is 123 cm³/mol. The van der Waals surface area contributed by atoms with Crippen molar-refractivity contribution in [1.82, 2.24) is 10.2 Å². The third kappa shape index (κ3) is 5.46. The highest BCUT2D eigenvalue weighted by atomic mass is 19.1. The van der Waals surface area contributed by atoms with Gasteiger partial charge in [-0.15, -0.1) is 0 Å². The van der Waals surface area contributed by atoms with Crippen LogP contribution < -0.4 is 15.0 Å². The van der Waals surface area contributed by atoms with E-state index in [1.807, 2.05) is 12.1 Å². The standard InChI is InChI=1S/C25H32FN3O3/c1-4-28(5-2)17-16-27-25(31)22-14-15-23(30)29(20-10-12-21(32-3)13-11-20)24(22)18-6-8-19(26)9-7-18/h6-13,22,24H,4-5,14-17H2,1-3H3,(H,27,31)/t22-,24-/m1/s1. The number of carbonyl (C=O) groups is 2. The summed E-state index contributed by atoms with van der Waals surface area (Å²) in [7, 11) is 1.58. The van der Waals surface area contributed by atoms with E-state index in [0.29, 0.717) is 24.4 Å². The van der Waals surface area contributed by atoms with Gasteiger partial charge in [-0.2, -0.15) is 0 Å². The van der Waals surface area contributed by atoms with Crippen LogP contribution in [-0.4, -0.2) is 50.0 Å². The maximum absolute atomic E-state index is 13.6. The first kappa shape index (κ1) is 23.7. The Morgan fingerprint density at radius 1 is 1.12 bits per heavy atom. The van der Waals surface area contributed by atoms with E-state index in [2.05, 4.69) is 24.1 Å². The molecule has 2 aromatic carbocycles. The molecule has 0 saturated carbocycles. The molecule has 2 aromatic rings. The molecule has 0 aliphatic carbocycles. The van der Waals surface area contributed by atoms with Gasteiger partial charge in [-0.05, 0) is 61.5 Å². The summed E-state index contributed by atoms with van der Waals surface area (Å²) < 4.78 is 18.9. The summed E-state index contributed by atoms with van der Waals surface area (Å²) in [6.07, 6.45) is 0.725. The minimum Gasteiger partial charge on any atom is -0.497 e. The number of hydrogen-bond donors (Lipinski definition) is 1. The number of hydrogen-bond acceptors (Lipinski definition) is 4. The molecule has 1 saturated heterocycles. The quantitative estimate of drug-likeness (QED) is 0.643. The largest absolute Gasteiger partial charge is 0.497 e. The summed E-state index contributed by atoms with van der Waals surface area (Å²) in [5.74, 6) is -0.250. The van der Waals surface area contributed by atoms with Crippen LogP contribution in [0.15, 0.2) is 48.5 Å². The number of likely N-dealkylation sites (N-methyl/N-ethyl adjacent to an activating group) is 1. The van der Waals surface area contributed by atoms with Gasteiger partial charge >= 0.3 is 0 Å². The Bertz CT molecular complexity index is 898. The lowest BCUT2D eigenvalue weighted by molar-refractivity contribution is -0.129. The molecule has 3 rings (SSSR count). The highest BCUT2D eigenvalue weighted by Gasteiger charge is 2.41. The van der Waals surface area contributed by atoms with Gasteiger partial charge in [-0.1, -0.05) is 26.0 Å². The molecule has 1 aliphatic heterocycles. The smallest absolute Gasteiger partial charge is 0.227 e. The van der Waals surface area contributed by atoms with Gasteiger partial charge in [-0.3, -0.25) is 9.59 Å². The van der Waals surface area contributed by atoms with Gasteiger partial charge in [0.2, 0.25) is 11.8 Å². The molecule has 0 unspecified atom stereocenters. The minimum absolute atomic E-state index is 0.0586. The fourth-order valence-electron chi connectivity index (χ4n) is 4.26. The van der Waals surface area contributed by atoms with Crippen LogP contribution in [-0.2, 0) is 9.59 Å². The molecule has 2 atom stereocenters. The van der Waals surface area contributed by atoms with E-state index < -0.39 is 12.0 Å². The molecule has 0 aromatic heterocycles. The first-order valence-corrected chi connectivity index (χ1v) is 11.2. The van der Waals surface area contributed by atoms with Crippen molar-refractivity contribution in [2.45, 2.75) is 32.7 Å². The number of benzene rings is 2. The van der Waals surface area contributed by atoms with E-state index in [9.17, 15) is 14.0 Å². The summed E-state index contributed by atoms with van der Waals surface area (Å²) in [4.78, 5) is 30.2. The molecular weight excluding hydrogens is 409 g/mol. The zero-order valence-electron chi connectivity index (χ0n) is 19.0. The van der Waals surface area contributed by atoms with Crippen molar-refractivity contribution in [3.63, 3.8) is 0 Å². The molecular formula is C25H32FN3O3. The van der Waals surface area contributed by atoms with Gasteiger partial charge < -0.3 is 19.9 Å². The molecule has 0 radical (unpaired) electrons. The number of ether oxygens (including phenoxy) is 1. The SMILES string of the molecule is CCN(CC)CCNC(=O)[C@@H]1CCC(=O)N(c2ccc(OC)cc2)[C@@H]1c1ccc(F)cc1. The normalized spacial score (nSPS) is 18.7. The second kappa shape index (κ2) is 11.1. The molecule has 1 fully saturated rings. The minimum atomic E-state index is -0.515. The van der Waals surface area contributed by atoms with Crippen LogP contribution in [0.4, 0.5) is 10.1 Å². The van der Waals surface area contributed by atoms with E-state index in [0.717, 1.165) is 25.2 Å². The van der Waals surface area contributed by atoms with E-state index in [1.54, 1.807) is 36.3 Å². The average molecular weight is 442 g/mol. The molecule has 6 nitrogen and oxygen atoms in total. The lowest BCUT2D eigenvalue weighted by Crippen LogP contribution is -2.49. The van der Waals surface area contributed by atoms with Crippen LogP contribution in [0.2, 0.25) is 0 Å². The maximum Gasteiger partial charge on any atom is 0.227 e. The van der Waals surface area contributed by atoms with Crippen molar-refractivity contribution in [3.8, 4) is 5.75 Å². The van der Waals surface area contributed by atoms with Gasteiger partial charge in [0.15, 0.2) is 0 Å². The van der Waals surface area contributed by atoms with E-state index in [-0.39, 0.29) is 24.1 Å². The predicted octanol–water partition coefficient (Wildman–Crippen LogP) is 3.78. The van der Waals surface area contributed by atoms with Crippen molar-refractivity contribution in [2.75, 3.05) is 38.2 Å². The van der Waals surface area contributed by atoms with Crippen molar-refractivity contribution in [2.24, 2.45) is 5.92 Å². The number of methoxy groups -OCH3 is 1. The molecule has 0 spiro atoms. The highest BCUT2D eigenvalue weighted by Crippen LogP contribution is 2.40. The van der Waals surface area contributed by atoms with Crippen molar-refractivity contribution < 1.29 is 18.7 Å². The van der Waals surface area contributed by atoms with Crippen molar-refractivity contribution in [3.05, 3.63) is 59.9 Å². The zero-order valence-corrected chi connectivity index (χ0v) is 19.0. The molecule has 0 bridgehead atoms.